The summed E-state index contributed by atoms with van der Waals surface area (Å²) in [6, 6.07) is 20.5. The molecule has 1 aliphatic rings. The summed E-state index contributed by atoms with van der Waals surface area (Å²) in [4.78, 5) is 17.3. The van der Waals surface area contributed by atoms with Gasteiger partial charge in [-0.05, 0) is 67.8 Å². The number of carbonyl (C=O) groups is 1. The molecule has 0 bridgehead atoms. The van der Waals surface area contributed by atoms with Crippen LogP contribution in [0.1, 0.15) is 27.0 Å². The smallest absolute Gasteiger partial charge is 0.262 e. The van der Waals surface area contributed by atoms with Gasteiger partial charge in [0.1, 0.15) is 0 Å². The zero-order chi connectivity index (χ0) is 23.6. The highest BCUT2D eigenvalue weighted by molar-refractivity contribution is 7.92. The zero-order valence-electron chi connectivity index (χ0n) is 19.2. The quantitative estimate of drug-likeness (QED) is 0.610. The highest BCUT2D eigenvalue weighted by Crippen LogP contribution is 2.25. The molecule has 6 nitrogen and oxygen atoms in total. The van der Waals surface area contributed by atoms with E-state index in [0.717, 1.165) is 29.9 Å². The zero-order valence-corrected chi connectivity index (χ0v) is 20.0. The Labute approximate surface area is 195 Å². The molecule has 33 heavy (non-hydrogen) atoms. The molecule has 0 aliphatic carbocycles. The molecule has 0 spiro atoms. The Morgan fingerprint density at radius 3 is 2.21 bits per heavy atom. The minimum Gasteiger partial charge on any atom is -0.368 e. The van der Waals surface area contributed by atoms with Gasteiger partial charge in [0.05, 0.1) is 10.6 Å². The molecule has 3 aromatic rings. The number of nitrogens with one attached hydrogen (secondary N) is 1. The number of amides is 1. The number of nitrogens with zero attached hydrogens (tertiary/aromatic N) is 2. The fraction of sp³-hybridized carbons (Fsp3) is 0.269. The number of rotatable bonds is 5. The van der Waals surface area contributed by atoms with Crippen LogP contribution < -0.4 is 9.62 Å². The van der Waals surface area contributed by atoms with E-state index in [2.05, 4.69) is 21.8 Å². The van der Waals surface area contributed by atoms with Crippen LogP contribution >= 0.6 is 0 Å². The van der Waals surface area contributed by atoms with E-state index in [9.17, 15) is 13.2 Å². The molecule has 0 aromatic heterocycles. The minimum absolute atomic E-state index is 0.122. The summed E-state index contributed by atoms with van der Waals surface area (Å²) in [5, 5.41) is 0. The topological polar surface area (TPSA) is 69.7 Å². The molecule has 0 atom stereocenters. The fourth-order valence-corrected chi connectivity index (χ4v) is 5.47. The predicted molar refractivity (Wildman–Crippen MR) is 132 cm³/mol. The van der Waals surface area contributed by atoms with Crippen LogP contribution in [0.25, 0.3) is 0 Å². The van der Waals surface area contributed by atoms with E-state index >= 15 is 0 Å². The summed E-state index contributed by atoms with van der Waals surface area (Å²) in [5.74, 6) is -0.147. The van der Waals surface area contributed by atoms with Gasteiger partial charge in [-0.1, -0.05) is 36.4 Å². The van der Waals surface area contributed by atoms with Crippen molar-refractivity contribution in [3.05, 3.63) is 89.0 Å². The lowest BCUT2D eigenvalue weighted by molar-refractivity contribution is 0.0746. The predicted octanol–water partition coefficient (Wildman–Crippen LogP) is 4.38. The van der Waals surface area contributed by atoms with Crippen LogP contribution in [0.5, 0.6) is 0 Å². The standard InChI is InChI=1S/C26H29N3O3S/c1-19-8-7-11-24(21(19)3)27-33(31,32)25-18-22(13-12-20(25)2)26(30)29-16-14-28(15-17-29)23-9-5-4-6-10-23/h4-13,18,27H,14-17H2,1-3H3. The third-order valence-electron chi connectivity index (χ3n) is 6.26. The van der Waals surface area contributed by atoms with Gasteiger partial charge in [0, 0.05) is 37.4 Å². The van der Waals surface area contributed by atoms with Crippen molar-refractivity contribution >= 4 is 27.3 Å². The summed E-state index contributed by atoms with van der Waals surface area (Å²) in [5.41, 5.74) is 4.55. The molecule has 3 aromatic carbocycles. The van der Waals surface area contributed by atoms with Crippen LogP contribution in [-0.2, 0) is 10.0 Å². The Bertz CT molecular complexity index is 1270. The van der Waals surface area contributed by atoms with E-state index in [1.165, 1.54) is 6.07 Å². The first-order valence-electron chi connectivity index (χ1n) is 11.1. The van der Waals surface area contributed by atoms with Crippen LogP contribution in [0.2, 0.25) is 0 Å². The van der Waals surface area contributed by atoms with Crippen molar-refractivity contribution in [2.75, 3.05) is 35.8 Å². The maximum atomic E-state index is 13.2. The summed E-state index contributed by atoms with van der Waals surface area (Å²) in [6.07, 6.45) is 0. The number of para-hydroxylation sites is 1. The average molecular weight is 464 g/mol. The molecule has 0 unspecified atom stereocenters. The van der Waals surface area contributed by atoms with Gasteiger partial charge in [-0.15, -0.1) is 0 Å². The number of hydrogen-bond donors (Lipinski definition) is 1. The largest absolute Gasteiger partial charge is 0.368 e. The summed E-state index contributed by atoms with van der Waals surface area (Å²) in [6.45, 7) is 8.21. The molecule has 1 N–H and O–H groups in total. The van der Waals surface area contributed by atoms with Gasteiger partial charge in [-0.25, -0.2) is 8.42 Å². The van der Waals surface area contributed by atoms with Crippen molar-refractivity contribution in [3.8, 4) is 0 Å². The lowest BCUT2D eigenvalue weighted by atomic mass is 10.1. The maximum Gasteiger partial charge on any atom is 0.262 e. The summed E-state index contributed by atoms with van der Waals surface area (Å²) in [7, 11) is -3.84. The van der Waals surface area contributed by atoms with E-state index in [4.69, 9.17) is 0 Å². The first-order valence-corrected chi connectivity index (χ1v) is 12.5. The van der Waals surface area contributed by atoms with Crippen LogP contribution in [0.15, 0.2) is 71.6 Å². The molecule has 7 heteroatoms. The SMILES string of the molecule is Cc1ccc(C(=O)N2CCN(c3ccccc3)CC2)cc1S(=O)(=O)Nc1cccc(C)c1C. The Kier molecular flexibility index (Phi) is 6.42. The van der Waals surface area contributed by atoms with Crippen LogP contribution in [0.3, 0.4) is 0 Å². The number of piperazine rings is 1. The highest BCUT2D eigenvalue weighted by atomic mass is 32.2. The first-order chi connectivity index (χ1) is 15.8. The molecule has 1 aliphatic heterocycles. The minimum atomic E-state index is -3.84. The molecule has 1 saturated heterocycles. The molecule has 0 radical (unpaired) electrons. The lowest BCUT2D eigenvalue weighted by Gasteiger charge is -2.36. The third kappa shape index (κ3) is 4.88. The molecule has 1 heterocycles. The van der Waals surface area contributed by atoms with Crippen molar-refractivity contribution in [2.24, 2.45) is 0 Å². The van der Waals surface area contributed by atoms with Gasteiger partial charge in [0.15, 0.2) is 0 Å². The van der Waals surface area contributed by atoms with E-state index in [0.29, 0.717) is 29.9 Å². The van der Waals surface area contributed by atoms with E-state index in [1.54, 1.807) is 30.0 Å². The van der Waals surface area contributed by atoms with Gasteiger partial charge in [0.25, 0.3) is 15.9 Å². The van der Waals surface area contributed by atoms with Crippen molar-refractivity contribution in [1.29, 1.82) is 0 Å². The second-order valence-electron chi connectivity index (χ2n) is 8.45. The molecule has 4 rings (SSSR count). The van der Waals surface area contributed by atoms with Crippen LogP contribution in [0.4, 0.5) is 11.4 Å². The third-order valence-corrected chi connectivity index (χ3v) is 7.77. The molecular formula is C26H29N3O3S. The number of hydrogen-bond acceptors (Lipinski definition) is 4. The maximum absolute atomic E-state index is 13.2. The van der Waals surface area contributed by atoms with E-state index in [-0.39, 0.29) is 10.8 Å². The summed E-state index contributed by atoms with van der Waals surface area (Å²) >= 11 is 0. The monoisotopic (exact) mass is 463 g/mol. The number of anilines is 2. The van der Waals surface area contributed by atoms with Gasteiger partial charge >= 0.3 is 0 Å². The molecule has 1 fully saturated rings. The summed E-state index contributed by atoms with van der Waals surface area (Å²) < 4.78 is 29.1. The Morgan fingerprint density at radius 2 is 1.52 bits per heavy atom. The van der Waals surface area contributed by atoms with Crippen molar-refractivity contribution in [3.63, 3.8) is 0 Å². The van der Waals surface area contributed by atoms with E-state index < -0.39 is 10.0 Å². The normalized spacial score (nSPS) is 14.3. The van der Waals surface area contributed by atoms with Gasteiger partial charge < -0.3 is 9.80 Å². The molecule has 172 valence electrons. The van der Waals surface area contributed by atoms with E-state index in [1.807, 2.05) is 44.2 Å². The van der Waals surface area contributed by atoms with Gasteiger partial charge in [-0.2, -0.15) is 0 Å². The Hall–Kier alpha value is -3.32. The lowest BCUT2D eigenvalue weighted by Crippen LogP contribution is -2.48. The highest BCUT2D eigenvalue weighted by Gasteiger charge is 2.25. The number of aryl methyl sites for hydroxylation is 2. The van der Waals surface area contributed by atoms with Gasteiger partial charge in [-0.3, -0.25) is 9.52 Å². The van der Waals surface area contributed by atoms with Crippen molar-refractivity contribution in [1.82, 2.24) is 4.90 Å². The average Bonchev–Trinajstić information content (AvgIpc) is 2.82. The van der Waals surface area contributed by atoms with Crippen LogP contribution in [0, 0.1) is 20.8 Å². The van der Waals surface area contributed by atoms with Crippen molar-refractivity contribution < 1.29 is 13.2 Å². The molecular weight excluding hydrogens is 434 g/mol. The van der Waals surface area contributed by atoms with Gasteiger partial charge in [0.2, 0.25) is 0 Å². The second-order valence-corrected chi connectivity index (χ2v) is 10.1. The second kappa shape index (κ2) is 9.27. The number of sulfonamides is 1. The Balaban J connectivity index is 1.52. The first kappa shape index (κ1) is 22.9. The Morgan fingerprint density at radius 1 is 0.818 bits per heavy atom. The number of benzene rings is 3. The fourth-order valence-electron chi connectivity index (χ4n) is 4.07. The number of carbonyl (C=O) groups excluding carboxylic acids is 1. The van der Waals surface area contributed by atoms with Crippen molar-refractivity contribution in [2.45, 2.75) is 25.7 Å². The molecule has 0 saturated carbocycles. The molecule has 1 amide bonds. The van der Waals surface area contributed by atoms with Crippen LogP contribution in [-0.4, -0.2) is 45.4 Å².